The first-order chi connectivity index (χ1) is 10.1. The molecule has 0 aliphatic rings. The number of aromatic nitrogens is 1. The Hall–Kier alpha value is -2.02. The fraction of sp³-hybridized carbons (Fsp3) is 0.286. The van der Waals surface area contributed by atoms with Crippen LogP contribution in [0.15, 0.2) is 23.6 Å². The lowest BCUT2D eigenvalue weighted by molar-refractivity contribution is -0.142. The number of carbonyl (C=O) groups excluding carboxylic acids is 1. The van der Waals surface area contributed by atoms with Crippen LogP contribution in [0.3, 0.4) is 0 Å². The average molecular weight is 312 g/mol. The summed E-state index contributed by atoms with van der Waals surface area (Å²) in [4.78, 5) is 15.5. The van der Waals surface area contributed by atoms with Crippen LogP contribution in [0.1, 0.15) is 18.2 Å². The third-order valence-electron chi connectivity index (χ3n) is 2.62. The van der Waals surface area contributed by atoms with Gasteiger partial charge >= 0.3 is 5.97 Å². The van der Waals surface area contributed by atoms with Crippen molar-refractivity contribution in [2.24, 2.45) is 0 Å². The molecule has 1 aromatic heterocycles. The standard InChI is InChI=1S/C14H14F2N2O2S/c1-2-20-13(19)6-11-8-21-14(18-11)17-7-9-5-10(15)3-4-12(9)16/h3-5,8H,2,6-7H2,1H3,(H,17,18). The van der Waals surface area contributed by atoms with Crippen LogP contribution in [0.25, 0.3) is 0 Å². The number of nitrogens with zero attached hydrogens (tertiary/aromatic N) is 1. The number of thiazole rings is 1. The summed E-state index contributed by atoms with van der Waals surface area (Å²) in [6.07, 6.45) is 0.0976. The molecule has 0 bridgehead atoms. The van der Waals surface area contributed by atoms with E-state index in [1.165, 1.54) is 11.3 Å². The fourth-order valence-corrected chi connectivity index (χ4v) is 2.39. The number of benzene rings is 1. The van der Waals surface area contributed by atoms with Crippen molar-refractivity contribution in [2.75, 3.05) is 11.9 Å². The van der Waals surface area contributed by atoms with E-state index in [9.17, 15) is 13.6 Å². The van der Waals surface area contributed by atoms with Gasteiger partial charge in [0.2, 0.25) is 0 Å². The summed E-state index contributed by atoms with van der Waals surface area (Å²) in [5.74, 6) is -1.31. The molecule has 1 aromatic carbocycles. The number of hydrogen-bond donors (Lipinski definition) is 1. The minimum Gasteiger partial charge on any atom is -0.466 e. The Kier molecular flexibility index (Phi) is 5.21. The number of ether oxygens (including phenoxy) is 1. The second kappa shape index (κ2) is 7.12. The number of halogens is 2. The summed E-state index contributed by atoms with van der Waals surface area (Å²) in [5, 5.41) is 5.17. The Morgan fingerprint density at radius 2 is 2.24 bits per heavy atom. The first-order valence-corrected chi connectivity index (χ1v) is 7.24. The minimum atomic E-state index is -0.490. The Morgan fingerprint density at radius 3 is 3.00 bits per heavy atom. The maximum absolute atomic E-state index is 13.4. The van der Waals surface area contributed by atoms with Crippen LogP contribution in [-0.4, -0.2) is 17.6 Å². The minimum absolute atomic E-state index is 0.0976. The second-order valence-electron chi connectivity index (χ2n) is 4.22. The molecule has 4 nitrogen and oxygen atoms in total. The van der Waals surface area contributed by atoms with Gasteiger partial charge in [0.25, 0.3) is 0 Å². The monoisotopic (exact) mass is 312 g/mol. The van der Waals surface area contributed by atoms with Gasteiger partial charge in [-0.3, -0.25) is 4.79 Å². The highest BCUT2D eigenvalue weighted by Gasteiger charge is 2.09. The molecule has 1 heterocycles. The molecule has 2 rings (SSSR count). The molecule has 1 N–H and O–H groups in total. The zero-order valence-corrected chi connectivity index (χ0v) is 12.2. The predicted octanol–water partition coefficient (Wildman–Crippen LogP) is 3.14. The lowest BCUT2D eigenvalue weighted by Gasteiger charge is -2.04. The average Bonchev–Trinajstić information content (AvgIpc) is 2.87. The van der Waals surface area contributed by atoms with Crippen molar-refractivity contribution in [2.45, 2.75) is 19.9 Å². The Morgan fingerprint density at radius 1 is 1.43 bits per heavy atom. The molecule has 0 aliphatic heterocycles. The van der Waals surface area contributed by atoms with E-state index in [0.29, 0.717) is 17.4 Å². The van der Waals surface area contributed by atoms with E-state index in [0.717, 1.165) is 18.2 Å². The van der Waals surface area contributed by atoms with Gasteiger partial charge in [-0.1, -0.05) is 0 Å². The Balaban J connectivity index is 1.93. The predicted molar refractivity (Wildman–Crippen MR) is 76.1 cm³/mol. The molecule has 0 atom stereocenters. The Labute approximate surface area is 124 Å². The van der Waals surface area contributed by atoms with Gasteiger partial charge in [-0.05, 0) is 25.1 Å². The Bertz CT molecular complexity index is 631. The molecule has 0 radical (unpaired) electrons. The van der Waals surface area contributed by atoms with Crippen molar-refractivity contribution in [1.82, 2.24) is 4.98 Å². The largest absolute Gasteiger partial charge is 0.466 e. The van der Waals surface area contributed by atoms with Gasteiger partial charge in [-0.15, -0.1) is 11.3 Å². The van der Waals surface area contributed by atoms with Crippen LogP contribution in [0.4, 0.5) is 13.9 Å². The summed E-state index contributed by atoms with van der Waals surface area (Å²) in [5.41, 5.74) is 0.804. The molecule has 0 saturated carbocycles. The van der Waals surface area contributed by atoms with Crippen LogP contribution in [-0.2, 0) is 22.5 Å². The van der Waals surface area contributed by atoms with Gasteiger partial charge in [-0.2, -0.15) is 0 Å². The third kappa shape index (κ3) is 4.49. The number of nitrogens with one attached hydrogen (secondary N) is 1. The summed E-state index contributed by atoms with van der Waals surface area (Å²) in [6.45, 7) is 2.18. The molecule has 0 saturated heterocycles. The van der Waals surface area contributed by atoms with Gasteiger partial charge in [0.05, 0.1) is 18.7 Å². The van der Waals surface area contributed by atoms with Crippen molar-refractivity contribution < 1.29 is 18.3 Å². The molecule has 112 valence electrons. The molecule has 0 spiro atoms. The molecule has 7 heteroatoms. The van der Waals surface area contributed by atoms with Crippen molar-refractivity contribution in [3.8, 4) is 0 Å². The van der Waals surface area contributed by atoms with Gasteiger partial charge in [-0.25, -0.2) is 13.8 Å². The van der Waals surface area contributed by atoms with E-state index in [-0.39, 0.29) is 24.5 Å². The van der Waals surface area contributed by atoms with Gasteiger partial charge < -0.3 is 10.1 Å². The quantitative estimate of drug-likeness (QED) is 0.833. The van der Waals surface area contributed by atoms with Crippen LogP contribution in [0.2, 0.25) is 0 Å². The molecule has 0 fully saturated rings. The third-order valence-corrected chi connectivity index (χ3v) is 3.47. The highest BCUT2D eigenvalue weighted by molar-refractivity contribution is 7.13. The van der Waals surface area contributed by atoms with Crippen LogP contribution < -0.4 is 5.32 Å². The highest BCUT2D eigenvalue weighted by Crippen LogP contribution is 2.18. The van der Waals surface area contributed by atoms with Gasteiger partial charge in [0, 0.05) is 17.5 Å². The summed E-state index contributed by atoms with van der Waals surface area (Å²) in [7, 11) is 0. The zero-order chi connectivity index (χ0) is 15.2. The summed E-state index contributed by atoms with van der Waals surface area (Å²) < 4.78 is 31.3. The van der Waals surface area contributed by atoms with E-state index >= 15 is 0 Å². The van der Waals surface area contributed by atoms with Crippen LogP contribution >= 0.6 is 11.3 Å². The molecule has 0 unspecified atom stereocenters. The van der Waals surface area contributed by atoms with Crippen molar-refractivity contribution in [3.63, 3.8) is 0 Å². The first kappa shape index (κ1) is 15.4. The van der Waals surface area contributed by atoms with Crippen molar-refractivity contribution in [1.29, 1.82) is 0 Å². The topological polar surface area (TPSA) is 51.2 Å². The maximum Gasteiger partial charge on any atom is 0.311 e. The number of hydrogen-bond acceptors (Lipinski definition) is 5. The summed E-state index contributed by atoms with van der Waals surface area (Å²) >= 11 is 1.29. The molecular weight excluding hydrogens is 298 g/mol. The molecule has 21 heavy (non-hydrogen) atoms. The van der Waals surface area contributed by atoms with E-state index in [4.69, 9.17) is 4.74 Å². The van der Waals surface area contributed by atoms with Crippen LogP contribution in [0, 0.1) is 11.6 Å². The van der Waals surface area contributed by atoms with E-state index < -0.39 is 11.6 Å². The number of rotatable bonds is 6. The fourth-order valence-electron chi connectivity index (χ4n) is 1.68. The summed E-state index contributed by atoms with van der Waals surface area (Å²) in [6, 6.07) is 3.29. The molecular formula is C14H14F2N2O2S. The lowest BCUT2D eigenvalue weighted by atomic mass is 10.2. The maximum atomic E-state index is 13.4. The number of anilines is 1. The SMILES string of the molecule is CCOC(=O)Cc1csc(NCc2cc(F)ccc2F)n1. The second-order valence-corrected chi connectivity index (χ2v) is 5.07. The van der Waals surface area contributed by atoms with E-state index in [1.54, 1.807) is 12.3 Å². The highest BCUT2D eigenvalue weighted by atomic mass is 32.1. The normalized spacial score (nSPS) is 10.4. The van der Waals surface area contributed by atoms with Gasteiger partial charge in [0.15, 0.2) is 5.13 Å². The first-order valence-electron chi connectivity index (χ1n) is 6.36. The number of esters is 1. The molecule has 2 aromatic rings. The van der Waals surface area contributed by atoms with E-state index in [2.05, 4.69) is 10.3 Å². The lowest BCUT2D eigenvalue weighted by Crippen LogP contribution is -2.08. The zero-order valence-electron chi connectivity index (χ0n) is 11.4. The number of carbonyl (C=O) groups is 1. The van der Waals surface area contributed by atoms with Crippen molar-refractivity contribution >= 4 is 22.4 Å². The molecule has 0 amide bonds. The van der Waals surface area contributed by atoms with Crippen molar-refractivity contribution in [3.05, 3.63) is 46.5 Å². The smallest absolute Gasteiger partial charge is 0.311 e. The van der Waals surface area contributed by atoms with E-state index in [1.807, 2.05) is 0 Å². The van der Waals surface area contributed by atoms with Crippen LogP contribution in [0.5, 0.6) is 0 Å². The van der Waals surface area contributed by atoms with Gasteiger partial charge in [0.1, 0.15) is 11.6 Å². The molecule has 0 aliphatic carbocycles.